The summed E-state index contributed by atoms with van der Waals surface area (Å²) in [5.41, 5.74) is 0. The van der Waals surface area contributed by atoms with E-state index >= 15 is 0 Å². The van der Waals surface area contributed by atoms with Crippen LogP contribution in [0.1, 0.15) is 4.88 Å². The molecule has 0 atom stereocenters. The first-order chi connectivity index (χ1) is 5.88. The van der Waals surface area contributed by atoms with E-state index in [4.69, 9.17) is 10.7 Å². The van der Waals surface area contributed by atoms with E-state index in [0.717, 1.165) is 5.13 Å². The summed E-state index contributed by atoms with van der Waals surface area (Å²) in [5, 5.41) is 0.773. The van der Waals surface area contributed by atoms with E-state index in [2.05, 4.69) is 4.98 Å². The van der Waals surface area contributed by atoms with Crippen LogP contribution in [-0.2, 0) is 14.8 Å². The lowest BCUT2D eigenvalue weighted by Gasteiger charge is -2.04. The van der Waals surface area contributed by atoms with Gasteiger partial charge >= 0.3 is 0 Å². The maximum Gasteiger partial charge on any atom is 0.237 e. The van der Waals surface area contributed by atoms with Crippen LogP contribution in [0, 0.1) is 0 Å². The molecule has 7 heteroatoms. The molecular weight excluding hydrogens is 232 g/mol. The number of halogens is 1. The van der Waals surface area contributed by atoms with Crippen LogP contribution in [0.4, 0.5) is 5.13 Å². The molecule has 0 N–H and O–H groups in total. The Hall–Kier alpha value is -0.330. The first kappa shape index (κ1) is 10.7. The van der Waals surface area contributed by atoms with Crippen LogP contribution < -0.4 is 4.90 Å². The fourth-order valence-electron chi connectivity index (χ4n) is 0.741. The molecule has 0 fully saturated rings. The number of nitrogens with zero attached hydrogens (tertiary/aromatic N) is 2. The summed E-state index contributed by atoms with van der Waals surface area (Å²) < 4.78 is 21.4. The average Bonchev–Trinajstić information content (AvgIpc) is 2.31. The highest BCUT2D eigenvalue weighted by atomic mass is 35.7. The SMILES string of the molecule is CN(C)c1ncc(CS(=O)(=O)Cl)s1. The van der Waals surface area contributed by atoms with Gasteiger partial charge in [-0.3, -0.25) is 0 Å². The molecule has 0 radical (unpaired) electrons. The molecule has 0 aliphatic heterocycles. The highest BCUT2D eigenvalue weighted by Gasteiger charge is 2.11. The summed E-state index contributed by atoms with van der Waals surface area (Å²) in [6.45, 7) is 0. The molecule has 74 valence electrons. The molecule has 1 heterocycles. The third-order valence-electron chi connectivity index (χ3n) is 1.24. The van der Waals surface area contributed by atoms with Gasteiger partial charge in [0.15, 0.2) is 5.13 Å². The summed E-state index contributed by atoms with van der Waals surface area (Å²) in [6, 6.07) is 0. The third-order valence-corrected chi connectivity index (χ3v) is 3.57. The quantitative estimate of drug-likeness (QED) is 0.747. The summed E-state index contributed by atoms with van der Waals surface area (Å²) in [4.78, 5) is 6.49. The number of rotatable bonds is 3. The highest BCUT2D eigenvalue weighted by Crippen LogP contribution is 2.22. The van der Waals surface area contributed by atoms with Gasteiger partial charge in [-0.15, -0.1) is 11.3 Å². The van der Waals surface area contributed by atoms with Crippen molar-refractivity contribution in [2.45, 2.75) is 5.75 Å². The lowest BCUT2D eigenvalue weighted by atomic mass is 10.6. The standard InChI is InChI=1S/C6H9ClN2O2S2/c1-9(2)6-8-3-5(12-6)4-13(7,10)11/h3H,4H2,1-2H3. The minimum absolute atomic E-state index is 0.153. The van der Waals surface area contributed by atoms with Crippen molar-refractivity contribution in [3.63, 3.8) is 0 Å². The van der Waals surface area contributed by atoms with Crippen LogP contribution in [0.15, 0.2) is 6.20 Å². The number of hydrogen-bond acceptors (Lipinski definition) is 5. The van der Waals surface area contributed by atoms with Gasteiger partial charge in [-0.25, -0.2) is 13.4 Å². The Morgan fingerprint density at radius 1 is 1.62 bits per heavy atom. The van der Waals surface area contributed by atoms with E-state index in [1.54, 1.807) is 0 Å². The molecule has 1 aromatic heterocycles. The van der Waals surface area contributed by atoms with Gasteiger partial charge in [0.1, 0.15) is 5.75 Å². The van der Waals surface area contributed by atoms with Crippen molar-refractivity contribution >= 4 is 36.2 Å². The molecule has 0 spiro atoms. The third kappa shape index (κ3) is 3.50. The molecule has 0 saturated heterocycles. The first-order valence-electron chi connectivity index (χ1n) is 3.43. The maximum absolute atomic E-state index is 10.7. The number of hydrogen-bond donors (Lipinski definition) is 0. The second-order valence-electron chi connectivity index (χ2n) is 2.69. The van der Waals surface area contributed by atoms with Gasteiger partial charge in [0.2, 0.25) is 9.05 Å². The van der Waals surface area contributed by atoms with E-state index < -0.39 is 9.05 Å². The summed E-state index contributed by atoms with van der Waals surface area (Å²) in [5.74, 6) is -0.153. The predicted molar refractivity (Wildman–Crippen MR) is 54.9 cm³/mol. The predicted octanol–water partition coefficient (Wildman–Crippen LogP) is 1.28. The zero-order chi connectivity index (χ0) is 10.1. The van der Waals surface area contributed by atoms with Crippen LogP contribution in [0.5, 0.6) is 0 Å². The lowest BCUT2D eigenvalue weighted by Crippen LogP contribution is -2.07. The summed E-state index contributed by atoms with van der Waals surface area (Å²) >= 11 is 1.32. The second kappa shape index (κ2) is 3.81. The van der Waals surface area contributed by atoms with Gasteiger partial charge in [0.05, 0.1) is 0 Å². The average molecular weight is 241 g/mol. The zero-order valence-electron chi connectivity index (χ0n) is 7.19. The van der Waals surface area contributed by atoms with E-state index in [0.29, 0.717) is 4.88 Å². The molecule has 13 heavy (non-hydrogen) atoms. The Morgan fingerprint density at radius 3 is 2.62 bits per heavy atom. The molecular formula is C6H9ClN2O2S2. The van der Waals surface area contributed by atoms with Crippen LogP contribution in [0.2, 0.25) is 0 Å². The van der Waals surface area contributed by atoms with E-state index in [1.165, 1.54) is 17.5 Å². The Kier molecular flexibility index (Phi) is 3.15. The zero-order valence-corrected chi connectivity index (χ0v) is 9.58. The molecule has 0 aromatic carbocycles. The van der Waals surface area contributed by atoms with Crippen LogP contribution in [-0.4, -0.2) is 27.5 Å². The van der Waals surface area contributed by atoms with Gasteiger partial charge in [-0.05, 0) is 0 Å². The minimum atomic E-state index is -3.47. The molecule has 1 rings (SSSR count). The lowest BCUT2D eigenvalue weighted by molar-refractivity contribution is 0.609. The number of anilines is 1. The molecule has 0 saturated carbocycles. The van der Waals surface area contributed by atoms with Gasteiger partial charge in [0, 0.05) is 35.9 Å². The molecule has 4 nitrogen and oxygen atoms in total. The Morgan fingerprint density at radius 2 is 2.23 bits per heavy atom. The van der Waals surface area contributed by atoms with Crippen molar-refractivity contribution < 1.29 is 8.42 Å². The molecule has 0 bridgehead atoms. The van der Waals surface area contributed by atoms with Crippen LogP contribution >= 0.6 is 22.0 Å². The van der Waals surface area contributed by atoms with E-state index in [9.17, 15) is 8.42 Å². The van der Waals surface area contributed by atoms with Gasteiger partial charge in [0.25, 0.3) is 0 Å². The van der Waals surface area contributed by atoms with Crippen molar-refractivity contribution in [3.8, 4) is 0 Å². The van der Waals surface area contributed by atoms with E-state index in [-0.39, 0.29) is 5.75 Å². The molecule has 0 unspecified atom stereocenters. The smallest absolute Gasteiger partial charge is 0.237 e. The highest BCUT2D eigenvalue weighted by molar-refractivity contribution is 8.13. The molecule has 1 aromatic rings. The minimum Gasteiger partial charge on any atom is -0.354 e. The summed E-state index contributed by atoms with van der Waals surface area (Å²) in [7, 11) is 5.32. The molecule has 0 amide bonds. The van der Waals surface area contributed by atoms with Crippen molar-refractivity contribution in [1.82, 2.24) is 4.98 Å². The number of aromatic nitrogens is 1. The fourth-order valence-corrected chi connectivity index (χ4v) is 3.03. The Bertz CT molecular complexity index is 385. The monoisotopic (exact) mass is 240 g/mol. The number of thiazole rings is 1. The van der Waals surface area contributed by atoms with Crippen molar-refractivity contribution in [3.05, 3.63) is 11.1 Å². The topological polar surface area (TPSA) is 50.3 Å². The van der Waals surface area contributed by atoms with Gasteiger partial charge < -0.3 is 4.90 Å². The van der Waals surface area contributed by atoms with Gasteiger partial charge in [-0.1, -0.05) is 0 Å². The molecule has 0 aliphatic carbocycles. The maximum atomic E-state index is 10.7. The van der Waals surface area contributed by atoms with Crippen molar-refractivity contribution in [2.24, 2.45) is 0 Å². The first-order valence-corrected chi connectivity index (χ1v) is 6.72. The second-order valence-corrected chi connectivity index (χ2v) is 6.56. The fraction of sp³-hybridized carbons (Fsp3) is 0.500. The largest absolute Gasteiger partial charge is 0.354 e. The van der Waals surface area contributed by atoms with Crippen LogP contribution in [0.25, 0.3) is 0 Å². The molecule has 0 aliphatic rings. The van der Waals surface area contributed by atoms with Crippen LogP contribution in [0.3, 0.4) is 0 Å². The summed E-state index contributed by atoms with van der Waals surface area (Å²) in [6.07, 6.45) is 1.53. The van der Waals surface area contributed by atoms with Crippen molar-refractivity contribution in [1.29, 1.82) is 0 Å². The van der Waals surface area contributed by atoms with Crippen molar-refractivity contribution in [2.75, 3.05) is 19.0 Å². The normalized spacial score (nSPS) is 11.6. The Balaban J connectivity index is 2.81. The Labute approximate surface area is 85.6 Å². The van der Waals surface area contributed by atoms with Gasteiger partial charge in [-0.2, -0.15) is 0 Å². The van der Waals surface area contributed by atoms with E-state index in [1.807, 2.05) is 19.0 Å².